The number of aliphatic hydroxyl groups is 2. The van der Waals surface area contributed by atoms with Crippen LogP contribution in [0.1, 0.15) is 11.8 Å². The van der Waals surface area contributed by atoms with Gasteiger partial charge in [0.15, 0.2) is 0 Å². The van der Waals surface area contributed by atoms with Crippen molar-refractivity contribution in [3.8, 4) is 0 Å². The summed E-state index contributed by atoms with van der Waals surface area (Å²) in [5, 5.41) is 22.9. The highest BCUT2D eigenvalue weighted by atomic mass is 32.2. The highest BCUT2D eigenvalue weighted by molar-refractivity contribution is 7.99. The van der Waals surface area contributed by atoms with Gasteiger partial charge in [0.2, 0.25) is 5.91 Å². The lowest BCUT2D eigenvalue weighted by Crippen LogP contribution is -2.43. The average molecular weight is 275 g/mol. The third kappa shape index (κ3) is 6.07. The Hall–Kier alpha value is -0.560. The van der Waals surface area contributed by atoms with Crippen LogP contribution in [-0.2, 0) is 10.5 Å². The number of aliphatic hydroxyl groups excluding tert-OH is 1. The van der Waals surface area contributed by atoms with E-state index in [-0.39, 0.29) is 19.1 Å². The summed E-state index contributed by atoms with van der Waals surface area (Å²) in [6, 6.07) is 4.02. The quantitative estimate of drug-likeness (QED) is 0.690. The van der Waals surface area contributed by atoms with Crippen LogP contribution < -0.4 is 5.32 Å². The molecule has 0 fully saturated rings. The zero-order chi connectivity index (χ0) is 12.7. The molecule has 1 atom stereocenters. The van der Waals surface area contributed by atoms with Crippen LogP contribution in [0.3, 0.4) is 0 Å². The van der Waals surface area contributed by atoms with Gasteiger partial charge in [-0.05, 0) is 18.4 Å². The van der Waals surface area contributed by atoms with Crippen molar-refractivity contribution in [2.75, 3.05) is 18.9 Å². The van der Waals surface area contributed by atoms with Gasteiger partial charge >= 0.3 is 0 Å². The van der Waals surface area contributed by atoms with Crippen molar-refractivity contribution in [2.45, 2.75) is 18.3 Å². The molecule has 0 aliphatic rings. The van der Waals surface area contributed by atoms with Gasteiger partial charge in [0.25, 0.3) is 0 Å². The SMILES string of the molecule is CC(O)(CO)CNC(=O)CSCc1cccs1. The second-order valence-electron chi connectivity index (χ2n) is 4.00. The standard InChI is InChI=1S/C11H17NO3S2/c1-11(15,8-13)7-12-10(14)6-16-5-9-3-2-4-17-9/h2-4,13,15H,5-8H2,1H3,(H,12,14). The second-order valence-corrected chi connectivity index (χ2v) is 6.02. The molecule has 6 heteroatoms. The van der Waals surface area contributed by atoms with Crippen LogP contribution in [0.25, 0.3) is 0 Å². The smallest absolute Gasteiger partial charge is 0.230 e. The number of amides is 1. The van der Waals surface area contributed by atoms with Crippen molar-refractivity contribution in [3.05, 3.63) is 22.4 Å². The monoisotopic (exact) mass is 275 g/mol. The molecule has 1 rings (SSSR count). The Balaban J connectivity index is 2.13. The van der Waals surface area contributed by atoms with Gasteiger partial charge in [0.1, 0.15) is 5.60 Å². The van der Waals surface area contributed by atoms with E-state index in [2.05, 4.69) is 5.32 Å². The van der Waals surface area contributed by atoms with Crippen molar-refractivity contribution >= 4 is 29.0 Å². The van der Waals surface area contributed by atoms with E-state index in [0.717, 1.165) is 5.75 Å². The number of thioether (sulfide) groups is 1. The summed E-state index contributed by atoms with van der Waals surface area (Å²) < 4.78 is 0. The molecular formula is C11H17NO3S2. The summed E-state index contributed by atoms with van der Waals surface area (Å²) in [5.74, 6) is 1.06. The van der Waals surface area contributed by atoms with Crippen LogP contribution >= 0.6 is 23.1 Å². The summed E-state index contributed by atoms with van der Waals surface area (Å²) >= 11 is 3.20. The maximum Gasteiger partial charge on any atom is 0.230 e. The van der Waals surface area contributed by atoms with Crippen LogP contribution in [0, 0.1) is 0 Å². The minimum atomic E-state index is -1.24. The Morgan fingerprint density at radius 2 is 2.41 bits per heavy atom. The van der Waals surface area contributed by atoms with E-state index in [9.17, 15) is 9.90 Å². The molecule has 1 aromatic rings. The Morgan fingerprint density at radius 1 is 1.65 bits per heavy atom. The maximum atomic E-state index is 11.4. The molecule has 1 unspecified atom stereocenters. The molecule has 0 aliphatic heterocycles. The molecule has 0 saturated heterocycles. The molecule has 3 N–H and O–H groups in total. The minimum absolute atomic E-state index is 0.0713. The molecule has 96 valence electrons. The molecule has 1 amide bonds. The van der Waals surface area contributed by atoms with Crippen molar-refractivity contribution < 1.29 is 15.0 Å². The summed E-state index contributed by atoms with van der Waals surface area (Å²) in [5.41, 5.74) is -1.24. The molecule has 17 heavy (non-hydrogen) atoms. The summed E-state index contributed by atoms with van der Waals surface area (Å²) in [6.45, 7) is 1.18. The maximum absolute atomic E-state index is 11.4. The lowest BCUT2D eigenvalue weighted by Gasteiger charge is -2.20. The number of rotatable bonds is 7. The van der Waals surface area contributed by atoms with E-state index in [1.54, 1.807) is 11.3 Å². The molecule has 4 nitrogen and oxygen atoms in total. The van der Waals surface area contributed by atoms with Crippen LogP contribution in [0.5, 0.6) is 0 Å². The molecule has 0 aliphatic carbocycles. The first-order valence-corrected chi connectivity index (χ1v) is 7.27. The summed E-state index contributed by atoms with van der Waals surface area (Å²) in [7, 11) is 0. The van der Waals surface area contributed by atoms with E-state index in [1.807, 2.05) is 17.5 Å². The second kappa shape index (κ2) is 7.00. The van der Waals surface area contributed by atoms with Crippen LogP contribution in [0.15, 0.2) is 17.5 Å². The lowest BCUT2D eigenvalue weighted by atomic mass is 10.1. The first-order chi connectivity index (χ1) is 8.03. The molecule has 1 aromatic heterocycles. The minimum Gasteiger partial charge on any atom is -0.393 e. The first kappa shape index (κ1) is 14.5. The van der Waals surface area contributed by atoms with Gasteiger partial charge in [-0.3, -0.25) is 4.79 Å². The van der Waals surface area contributed by atoms with E-state index < -0.39 is 5.60 Å². The molecule has 0 spiro atoms. The van der Waals surface area contributed by atoms with Crippen molar-refractivity contribution in [2.24, 2.45) is 0 Å². The Bertz CT molecular complexity index is 338. The fourth-order valence-corrected chi connectivity index (χ4v) is 2.73. The molecule has 0 saturated carbocycles. The largest absolute Gasteiger partial charge is 0.393 e. The van der Waals surface area contributed by atoms with Gasteiger partial charge in [-0.25, -0.2) is 0 Å². The number of nitrogens with one attached hydrogen (secondary N) is 1. The fourth-order valence-electron chi connectivity index (χ4n) is 1.03. The summed E-state index contributed by atoms with van der Waals surface area (Å²) in [6.07, 6.45) is 0. The first-order valence-electron chi connectivity index (χ1n) is 5.23. The van der Waals surface area contributed by atoms with Crippen LogP contribution in [-0.4, -0.2) is 40.6 Å². The van der Waals surface area contributed by atoms with Gasteiger partial charge in [0.05, 0.1) is 12.4 Å². The molecule has 0 bridgehead atoms. The number of carbonyl (C=O) groups excluding carboxylic acids is 1. The molecule has 0 aromatic carbocycles. The van der Waals surface area contributed by atoms with Crippen molar-refractivity contribution in [1.29, 1.82) is 0 Å². The molecule has 1 heterocycles. The van der Waals surface area contributed by atoms with E-state index in [4.69, 9.17) is 5.11 Å². The number of hydrogen-bond donors (Lipinski definition) is 3. The highest BCUT2D eigenvalue weighted by Gasteiger charge is 2.19. The van der Waals surface area contributed by atoms with E-state index in [0.29, 0.717) is 5.75 Å². The van der Waals surface area contributed by atoms with Gasteiger partial charge in [-0.15, -0.1) is 23.1 Å². The Labute approximate surface area is 109 Å². The topological polar surface area (TPSA) is 69.6 Å². The number of hydrogen-bond acceptors (Lipinski definition) is 5. The zero-order valence-corrected chi connectivity index (χ0v) is 11.3. The highest BCUT2D eigenvalue weighted by Crippen LogP contribution is 2.16. The number of thiophene rings is 1. The predicted molar refractivity (Wildman–Crippen MR) is 71.2 cm³/mol. The predicted octanol–water partition coefficient (Wildman–Crippen LogP) is 0.841. The van der Waals surface area contributed by atoms with Gasteiger partial charge in [-0.1, -0.05) is 6.07 Å². The van der Waals surface area contributed by atoms with Crippen molar-refractivity contribution in [3.63, 3.8) is 0 Å². The van der Waals surface area contributed by atoms with Crippen LogP contribution in [0.4, 0.5) is 0 Å². The van der Waals surface area contributed by atoms with Gasteiger partial charge in [-0.2, -0.15) is 0 Å². The van der Waals surface area contributed by atoms with E-state index in [1.165, 1.54) is 23.6 Å². The third-order valence-electron chi connectivity index (χ3n) is 2.06. The van der Waals surface area contributed by atoms with Gasteiger partial charge in [0, 0.05) is 17.2 Å². The molecule has 0 radical (unpaired) electrons. The summed E-state index contributed by atoms with van der Waals surface area (Å²) in [4.78, 5) is 12.7. The Kier molecular flexibility index (Phi) is 5.97. The average Bonchev–Trinajstić information content (AvgIpc) is 2.80. The Morgan fingerprint density at radius 3 is 3.00 bits per heavy atom. The lowest BCUT2D eigenvalue weighted by molar-refractivity contribution is -0.120. The molecular weight excluding hydrogens is 258 g/mol. The zero-order valence-electron chi connectivity index (χ0n) is 9.68. The number of carbonyl (C=O) groups is 1. The normalized spacial score (nSPS) is 14.3. The third-order valence-corrected chi connectivity index (χ3v) is 4.11. The van der Waals surface area contributed by atoms with E-state index >= 15 is 0 Å². The van der Waals surface area contributed by atoms with Gasteiger partial charge < -0.3 is 15.5 Å². The van der Waals surface area contributed by atoms with Crippen LogP contribution in [0.2, 0.25) is 0 Å². The van der Waals surface area contributed by atoms with Crippen molar-refractivity contribution in [1.82, 2.24) is 5.32 Å². The fraction of sp³-hybridized carbons (Fsp3) is 0.545.